The topological polar surface area (TPSA) is 58.1 Å². The van der Waals surface area contributed by atoms with Gasteiger partial charge in [0.15, 0.2) is 5.96 Å². The van der Waals surface area contributed by atoms with Crippen LogP contribution in [0.25, 0.3) is 0 Å². The molecule has 3 rings (SSSR count). The van der Waals surface area contributed by atoms with Crippen LogP contribution in [-0.4, -0.2) is 62.9 Å². The number of nitrogens with zero attached hydrogens (tertiary/aromatic N) is 2. The van der Waals surface area contributed by atoms with Crippen molar-refractivity contribution in [1.82, 2.24) is 15.5 Å². The Bertz CT molecular complexity index is 599. The average molecular weight is 474 g/mol. The minimum atomic E-state index is 0. The molecule has 2 aliphatic rings. The molecule has 2 heterocycles. The zero-order valence-corrected chi connectivity index (χ0v) is 18.2. The van der Waals surface area contributed by atoms with Crippen molar-refractivity contribution in [2.24, 2.45) is 4.99 Å². The van der Waals surface area contributed by atoms with Gasteiger partial charge >= 0.3 is 0 Å². The summed E-state index contributed by atoms with van der Waals surface area (Å²) in [7, 11) is 1.82. The summed E-state index contributed by atoms with van der Waals surface area (Å²) in [5.74, 6) is 1.81. The van der Waals surface area contributed by atoms with E-state index in [4.69, 9.17) is 9.47 Å². The maximum atomic E-state index is 5.74. The molecule has 0 amide bonds. The van der Waals surface area contributed by atoms with Crippen molar-refractivity contribution in [3.8, 4) is 5.75 Å². The molecular formula is C19H31IN4O2. The summed E-state index contributed by atoms with van der Waals surface area (Å²) < 4.78 is 11.3. The minimum absolute atomic E-state index is 0. The Hall–Kier alpha value is -1.06. The highest BCUT2D eigenvalue weighted by Gasteiger charge is 2.25. The standard InChI is InChI=1S/C19H30N4O2.HI/c1-14(23-9-11-24-13-15(23)2)12-21-19(20-3)22-17-8-10-25-18-7-5-4-6-16(17)18;/h4-7,14-15,17H,8-13H2,1-3H3,(H2,20,21,22);1H. The van der Waals surface area contributed by atoms with Gasteiger partial charge in [0.2, 0.25) is 0 Å². The summed E-state index contributed by atoms with van der Waals surface area (Å²) in [4.78, 5) is 6.90. The third-order valence-corrected chi connectivity index (χ3v) is 5.04. The third kappa shape index (κ3) is 5.23. The van der Waals surface area contributed by atoms with E-state index < -0.39 is 0 Å². The van der Waals surface area contributed by atoms with E-state index in [2.05, 4.69) is 46.5 Å². The molecule has 3 atom stereocenters. The SMILES string of the molecule is CN=C(NCC(C)N1CCOCC1C)NC1CCOc2ccccc21.I. The molecule has 0 bridgehead atoms. The van der Waals surface area contributed by atoms with E-state index in [0.29, 0.717) is 12.1 Å². The van der Waals surface area contributed by atoms with Crippen molar-refractivity contribution in [2.45, 2.75) is 38.4 Å². The highest BCUT2D eigenvalue weighted by Crippen LogP contribution is 2.31. The Morgan fingerprint density at radius 3 is 2.92 bits per heavy atom. The van der Waals surface area contributed by atoms with Gasteiger partial charge in [0.25, 0.3) is 0 Å². The number of aliphatic imine (C=N–C) groups is 1. The number of guanidine groups is 1. The number of hydrogen-bond donors (Lipinski definition) is 2. The van der Waals surface area contributed by atoms with Gasteiger partial charge in [0, 0.05) is 44.2 Å². The van der Waals surface area contributed by atoms with Crippen LogP contribution < -0.4 is 15.4 Å². The van der Waals surface area contributed by atoms with Crippen LogP contribution in [0.15, 0.2) is 29.3 Å². The molecule has 0 spiro atoms. The number of para-hydroxylation sites is 1. The molecule has 3 unspecified atom stereocenters. The molecule has 2 aliphatic heterocycles. The summed E-state index contributed by atoms with van der Waals surface area (Å²) >= 11 is 0. The number of morpholine rings is 1. The second-order valence-corrected chi connectivity index (χ2v) is 6.84. The maximum absolute atomic E-state index is 5.74. The van der Waals surface area contributed by atoms with E-state index in [0.717, 1.165) is 51.0 Å². The minimum Gasteiger partial charge on any atom is -0.493 e. The van der Waals surface area contributed by atoms with Crippen molar-refractivity contribution in [3.05, 3.63) is 29.8 Å². The molecule has 2 N–H and O–H groups in total. The average Bonchev–Trinajstić information content (AvgIpc) is 2.65. The van der Waals surface area contributed by atoms with Gasteiger partial charge in [-0.05, 0) is 19.9 Å². The number of hydrogen-bond acceptors (Lipinski definition) is 4. The van der Waals surface area contributed by atoms with Crippen molar-refractivity contribution in [2.75, 3.05) is 40.0 Å². The third-order valence-electron chi connectivity index (χ3n) is 5.04. The lowest BCUT2D eigenvalue weighted by molar-refractivity contribution is -0.0174. The van der Waals surface area contributed by atoms with Crippen molar-refractivity contribution in [3.63, 3.8) is 0 Å². The predicted octanol–water partition coefficient (Wildman–Crippen LogP) is 2.40. The second-order valence-electron chi connectivity index (χ2n) is 6.84. The van der Waals surface area contributed by atoms with Crippen molar-refractivity contribution < 1.29 is 9.47 Å². The summed E-state index contributed by atoms with van der Waals surface area (Å²) in [6.45, 7) is 8.69. The molecule has 0 radical (unpaired) electrons. The molecule has 1 fully saturated rings. The van der Waals surface area contributed by atoms with Crippen LogP contribution in [0.5, 0.6) is 5.75 Å². The first-order valence-corrected chi connectivity index (χ1v) is 9.21. The first-order valence-electron chi connectivity index (χ1n) is 9.21. The number of nitrogens with one attached hydrogen (secondary N) is 2. The second kappa shape index (κ2) is 10.3. The Labute approximate surface area is 173 Å². The van der Waals surface area contributed by atoms with E-state index in [1.54, 1.807) is 0 Å². The smallest absolute Gasteiger partial charge is 0.191 e. The van der Waals surface area contributed by atoms with E-state index in [1.807, 2.05) is 19.2 Å². The quantitative estimate of drug-likeness (QED) is 0.399. The lowest BCUT2D eigenvalue weighted by Crippen LogP contribution is -2.53. The first kappa shape index (κ1) is 21.2. The number of fused-ring (bicyclic) bond motifs is 1. The fraction of sp³-hybridized carbons (Fsp3) is 0.632. The maximum Gasteiger partial charge on any atom is 0.191 e. The number of halogens is 1. The molecule has 0 aliphatic carbocycles. The molecule has 1 saturated heterocycles. The molecule has 26 heavy (non-hydrogen) atoms. The van der Waals surface area contributed by atoms with E-state index in [1.165, 1.54) is 5.56 Å². The van der Waals surface area contributed by atoms with E-state index in [-0.39, 0.29) is 30.0 Å². The Kier molecular flexibility index (Phi) is 8.43. The summed E-state index contributed by atoms with van der Waals surface area (Å²) in [6.07, 6.45) is 0.938. The summed E-state index contributed by atoms with van der Waals surface area (Å²) in [6, 6.07) is 9.34. The van der Waals surface area contributed by atoms with Gasteiger partial charge in [-0.25, -0.2) is 0 Å². The van der Waals surface area contributed by atoms with E-state index in [9.17, 15) is 0 Å². The largest absolute Gasteiger partial charge is 0.493 e. The molecule has 1 aromatic rings. The lowest BCUT2D eigenvalue weighted by atomic mass is 10.0. The van der Waals surface area contributed by atoms with Crippen LogP contribution in [0.4, 0.5) is 0 Å². The van der Waals surface area contributed by atoms with Gasteiger partial charge in [-0.1, -0.05) is 18.2 Å². The highest BCUT2D eigenvalue weighted by atomic mass is 127. The van der Waals surface area contributed by atoms with Crippen LogP contribution in [0.2, 0.25) is 0 Å². The summed E-state index contributed by atoms with van der Waals surface area (Å²) in [5.41, 5.74) is 1.20. The van der Waals surface area contributed by atoms with Crippen molar-refractivity contribution >= 4 is 29.9 Å². The van der Waals surface area contributed by atoms with Crippen LogP contribution >= 0.6 is 24.0 Å². The lowest BCUT2D eigenvalue weighted by Gasteiger charge is -2.38. The molecular weight excluding hydrogens is 443 g/mol. The fourth-order valence-corrected chi connectivity index (χ4v) is 3.61. The zero-order valence-electron chi connectivity index (χ0n) is 15.9. The fourth-order valence-electron chi connectivity index (χ4n) is 3.61. The molecule has 0 aromatic heterocycles. The van der Waals surface area contributed by atoms with Gasteiger partial charge in [-0.2, -0.15) is 0 Å². The zero-order chi connectivity index (χ0) is 17.6. The number of benzene rings is 1. The molecule has 1 aromatic carbocycles. The predicted molar refractivity (Wildman–Crippen MR) is 116 cm³/mol. The molecule has 0 saturated carbocycles. The summed E-state index contributed by atoms with van der Waals surface area (Å²) in [5, 5.41) is 7.03. The van der Waals surface area contributed by atoms with Crippen LogP contribution in [0.1, 0.15) is 31.9 Å². The monoisotopic (exact) mass is 474 g/mol. The number of ether oxygens (including phenoxy) is 2. The van der Waals surface area contributed by atoms with Gasteiger partial charge in [0.1, 0.15) is 5.75 Å². The molecule has 7 heteroatoms. The Balaban J connectivity index is 0.00000243. The normalized spacial score (nSPS) is 24.7. The van der Waals surface area contributed by atoms with Crippen LogP contribution in [0, 0.1) is 0 Å². The first-order chi connectivity index (χ1) is 12.2. The van der Waals surface area contributed by atoms with Gasteiger partial charge in [-0.3, -0.25) is 9.89 Å². The molecule has 6 nitrogen and oxygen atoms in total. The van der Waals surface area contributed by atoms with Crippen LogP contribution in [-0.2, 0) is 4.74 Å². The van der Waals surface area contributed by atoms with Gasteiger partial charge in [-0.15, -0.1) is 24.0 Å². The van der Waals surface area contributed by atoms with Gasteiger partial charge in [0.05, 0.1) is 25.9 Å². The van der Waals surface area contributed by atoms with Crippen molar-refractivity contribution in [1.29, 1.82) is 0 Å². The number of rotatable bonds is 4. The Morgan fingerprint density at radius 1 is 1.35 bits per heavy atom. The van der Waals surface area contributed by atoms with Crippen LogP contribution in [0.3, 0.4) is 0 Å². The Morgan fingerprint density at radius 2 is 2.15 bits per heavy atom. The molecule has 146 valence electrons. The van der Waals surface area contributed by atoms with Gasteiger partial charge < -0.3 is 20.1 Å². The highest BCUT2D eigenvalue weighted by molar-refractivity contribution is 14.0. The van der Waals surface area contributed by atoms with E-state index >= 15 is 0 Å².